The number of nitrogen functional groups attached to an aromatic ring is 1. The number of hydrogen-bond acceptors (Lipinski definition) is 3. The van der Waals surface area contributed by atoms with Crippen molar-refractivity contribution in [3.8, 4) is 0 Å². The molecule has 0 atom stereocenters. The number of hydrogen-bond donors (Lipinski definition) is 2. The number of rotatable bonds is 2. The average molecular weight is 242 g/mol. The number of nitrogens with zero attached hydrogens (tertiary/aromatic N) is 2. The lowest BCUT2D eigenvalue weighted by Crippen LogP contribution is -2.04. The molecule has 0 radical (unpaired) electrons. The zero-order chi connectivity index (χ0) is 12.5. The van der Waals surface area contributed by atoms with Crippen molar-refractivity contribution in [1.82, 2.24) is 15.2 Å². The standard InChI is InChI=1S/C10H9F3N4/c11-10(12,13)7-3-1-6(2-4-7)5-8-15-9(14)17-16-8/h1-4H,5H2,(H3,14,15,16,17). The van der Waals surface area contributed by atoms with Crippen molar-refractivity contribution in [2.45, 2.75) is 12.6 Å². The van der Waals surface area contributed by atoms with Gasteiger partial charge < -0.3 is 5.73 Å². The molecule has 7 heteroatoms. The van der Waals surface area contributed by atoms with E-state index in [2.05, 4.69) is 15.2 Å². The first-order chi connectivity index (χ1) is 7.95. The zero-order valence-corrected chi connectivity index (χ0v) is 8.62. The Kier molecular flexibility index (Phi) is 2.74. The number of benzene rings is 1. The first-order valence-corrected chi connectivity index (χ1v) is 4.78. The molecule has 4 nitrogen and oxygen atoms in total. The number of H-pyrrole nitrogens is 1. The molecule has 0 aliphatic rings. The third-order valence-electron chi connectivity index (χ3n) is 2.20. The molecule has 0 unspecified atom stereocenters. The van der Waals surface area contributed by atoms with Gasteiger partial charge in [-0.2, -0.15) is 18.2 Å². The lowest BCUT2D eigenvalue weighted by molar-refractivity contribution is -0.137. The highest BCUT2D eigenvalue weighted by molar-refractivity contribution is 5.27. The van der Waals surface area contributed by atoms with Gasteiger partial charge in [0.25, 0.3) is 0 Å². The van der Waals surface area contributed by atoms with Crippen LogP contribution in [0.2, 0.25) is 0 Å². The Balaban J connectivity index is 2.13. The third-order valence-corrected chi connectivity index (χ3v) is 2.20. The molecule has 17 heavy (non-hydrogen) atoms. The number of aromatic nitrogens is 3. The molecular weight excluding hydrogens is 233 g/mol. The lowest BCUT2D eigenvalue weighted by atomic mass is 10.1. The molecule has 0 spiro atoms. The van der Waals surface area contributed by atoms with Crippen LogP contribution in [0.1, 0.15) is 17.0 Å². The van der Waals surface area contributed by atoms with E-state index in [-0.39, 0.29) is 5.95 Å². The van der Waals surface area contributed by atoms with Gasteiger partial charge in [-0.05, 0) is 17.7 Å². The molecule has 0 fully saturated rings. The van der Waals surface area contributed by atoms with E-state index in [9.17, 15) is 13.2 Å². The second-order valence-corrected chi connectivity index (χ2v) is 3.51. The van der Waals surface area contributed by atoms with E-state index in [0.717, 1.165) is 12.1 Å². The summed E-state index contributed by atoms with van der Waals surface area (Å²) < 4.78 is 36.9. The summed E-state index contributed by atoms with van der Waals surface area (Å²) >= 11 is 0. The molecule has 1 heterocycles. The summed E-state index contributed by atoms with van der Waals surface area (Å²) in [6.45, 7) is 0. The van der Waals surface area contributed by atoms with Gasteiger partial charge in [-0.15, -0.1) is 5.10 Å². The molecule has 2 aromatic rings. The highest BCUT2D eigenvalue weighted by Gasteiger charge is 2.29. The average Bonchev–Trinajstić information content (AvgIpc) is 2.63. The van der Waals surface area contributed by atoms with Crippen molar-refractivity contribution in [1.29, 1.82) is 0 Å². The number of halogens is 3. The Morgan fingerprint density at radius 1 is 1.18 bits per heavy atom. The van der Waals surface area contributed by atoms with Crippen LogP contribution in [0.3, 0.4) is 0 Å². The van der Waals surface area contributed by atoms with Gasteiger partial charge in [0.15, 0.2) is 0 Å². The van der Waals surface area contributed by atoms with Gasteiger partial charge >= 0.3 is 6.18 Å². The Morgan fingerprint density at radius 2 is 1.82 bits per heavy atom. The van der Waals surface area contributed by atoms with Gasteiger partial charge in [0.1, 0.15) is 5.82 Å². The van der Waals surface area contributed by atoms with Gasteiger partial charge in [-0.3, -0.25) is 5.10 Å². The van der Waals surface area contributed by atoms with Crippen molar-refractivity contribution < 1.29 is 13.2 Å². The minimum absolute atomic E-state index is 0.118. The SMILES string of the molecule is Nc1n[nH]c(Cc2ccc(C(F)(F)F)cc2)n1. The van der Waals surface area contributed by atoms with Crippen LogP contribution in [0.15, 0.2) is 24.3 Å². The van der Waals surface area contributed by atoms with Crippen molar-refractivity contribution in [3.63, 3.8) is 0 Å². The zero-order valence-electron chi connectivity index (χ0n) is 8.62. The van der Waals surface area contributed by atoms with Crippen LogP contribution < -0.4 is 5.73 Å². The van der Waals surface area contributed by atoms with E-state index >= 15 is 0 Å². The van der Waals surface area contributed by atoms with Crippen molar-refractivity contribution in [2.75, 3.05) is 5.73 Å². The van der Waals surface area contributed by atoms with Crippen LogP contribution >= 0.6 is 0 Å². The Bertz CT molecular complexity index is 501. The fraction of sp³-hybridized carbons (Fsp3) is 0.200. The summed E-state index contributed by atoms with van der Waals surface area (Å²) in [4.78, 5) is 3.87. The summed E-state index contributed by atoms with van der Waals surface area (Å²) in [6.07, 6.45) is -3.95. The topological polar surface area (TPSA) is 67.6 Å². The molecule has 0 amide bonds. The van der Waals surface area contributed by atoms with Gasteiger partial charge in [-0.25, -0.2) is 0 Å². The van der Waals surface area contributed by atoms with Gasteiger partial charge in [0.2, 0.25) is 5.95 Å². The lowest BCUT2D eigenvalue weighted by Gasteiger charge is -2.06. The Morgan fingerprint density at radius 3 is 2.29 bits per heavy atom. The maximum absolute atomic E-state index is 12.3. The minimum atomic E-state index is -4.31. The molecule has 0 bridgehead atoms. The summed E-state index contributed by atoms with van der Waals surface area (Å²) in [5, 5.41) is 6.22. The van der Waals surface area contributed by atoms with Crippen LogP contribution in [-0.4, -0.2) is 15.2 Å². The number of alkyl halides is 3. The van der Waals surface area contributed by atoms with E-state index in [1.54, 1.807) is 0 Å². The Labute approximate surface area is 94.7 Å². The van der Waals surface area contributed by atoms with Gasteiger partial charge in [-0.1, -0.05) is 12.1 Å². The molecule has 0 aliphatic heterocycles. The second-order valence-electron chi connectivity index (χ2n) is 3.51. The predicted octanol–water partition coefficient (Wildman–Crippen LogP) is 2.00. The maximum atomic E-state index is 12.3. The van der Waals surface area contributed by atoms with E-state index < -0.39 is 11.7 Å². The third kappa shape index (κ3) is 2.74. The number of nitrogens with two attached hydrogens (primary N) is 1. The molecule has 0 saturated heterocycles. The molecule has 90 valence electrons. The van der Waals surface area contributed by atoms with Crippen LogP contribution in [0.5, 0.6) is 0 Å². The normalized spacial score (nSPS) is 11.7. The second kappa shape index (κ2) is 4.08. The monoisotopic (exact) mass is 242 g/mol. The van der Waals surface area contributed by atoms with Crippen LogP contribution in [0.4, 0.5) is 19.1 Å². The summed E-state index contributed by atoms with van der Waals surface area (Å²) in [5.74, 6) is 0.633. The Hall–Kier alpha value is -2.05. The molecule has 2 rings (SSSR count). The van der Waals surface area contributed by atoms with E-state index in [0.29, 0.717) is 17.8 Å². The summed E-state index contributed by atoms with van der Waals surface area (Å²) in [7, 11) is 0. The van der Waals surface area contributed by atoms with Crippen molar-refractivity contribution >= 4 is 5.95 Å². The maximum Gasteiger partial charge on any atom is 0.416 e. The molecule has 1 aromatic heterocycles. The van der Waals surface area contributed by atoms with Crippen LogP contribution in [0, 0.1) is 0 Å². The molecular formula is C10H9F3N4. The fourth-order valence-electron chi connectivity index (χ4n) is 1.39. The quantitative estimate of drug-likeness (QED) is 0.846. The first-order valence-electron chi connectivity index (χ1n) is 4.78. The van der Waals surface area contributed by atoms with E-state index in [1.165, 1.54) is 12.1 Å². The van der Waals surface area contributed by atoms with Crippen molar-refractivity contribution in [2.24, 2.45) is 0 Å². The summed E-state index contributed by atoms with van der Waals surface area (Å²) in [6, 6.07) is 4.88. The number of anilines is 1. The number of aromatic amines is 1. The first kappa shape index (κ1) is 11.4. The molecule has 0 aliphatic carbocycles. The van der Waals surface area contributed by atoms with Gasteiger partial charge in [0.05, 0.1) is 5.56 Å². The highest BCUT2D eigenvalue weighted by atomic mass is 19.4. The van der Waals surface area contributed by atoms with E-state index in [4.69, 9.17) is 5.73 Å². The summed E-state index contributed by atoms with van der Waals surface area (Å²) in [5.41, 5.74) is 5.35. The molecule has 3 N–H and O–H groups in total. The van der Waals surface area contributed by atoms with Crippen LogP contribution in [-0.2, 0) is 12.6 Å². The number of nitrogens with one attached hydrogen (secondary N) is 1. The van der Waals surface area contributed by atoms with Gasteiger partial charge in [0, 0.05) is 6.42 Å². The van der Waals surface area contributed by atoms with Crippen molar-refractivity contribution in [3.05, 3.63) is 41.2 Å². The van der Waals surface area contributed by atoms with E-state index in [1.807, 2.05) is 0 Å². The minimum Gasteiger partial charge on any atom is -0.367 e. The fourth-order valence-corrected chi connectivity index (χ4v) is 1.39. The smallest absolute Gasteiger partial charge is 0.367 e. The highest BCUT2D eigenvalue weighted by Crippen LogP contribution is 2.29. The van der Waals surface area contributed by atoms with Crippen LogP contribution in [0.25, 0.3) is 0 Å². The molecule has 0 saturated carbocycles. The largest absolute Gasteiger partial charge is 0.416 e. The molecule has 1 aromatic carbocycles. The predicted molar refractivity (Wildman–Crippen MR) is 55.0 cm³/mol.